The molecule has 0 aromatic rings. The van der Waals surface area contributed by atoms with E-state index in [2.05, 4.69) is 37.8 Å². The first-order valence-electron chi connectivity index (χ1n) is 7.96. The van der Waals surface area contributed by atoms with Gasteiger partial charge in [-0.2, -0.15) is 11.8 Å². The van der Waals surface area contributed by atoms with Gasteiger partial charge in [-0.1, -0.05) is 33.6 Å². The van der Waals surface area contributed by atoms with Crippen molar-refractivity contribution in [1.29, 1.82) is 0 Å². The molecule has 2 saturated carbocycles. The van der Waals surface area contributed by atoms with Crippen LogP contribution in [-0.2, 0) is 0 Å². The second kappa shape index (κ2) is 6.65. The molecule has 2 atom stereocenters. The number of hydrogen-bond acceptors (Lipinski definition) is 2. The molecule has 0 aliphatic heterocycles. The van der Waals surface area contributed by atoms with Crippen molar-refractivity contribution in [2.45, 2.75) is 77.0 Å². The van der Waals surface area contributed by atoms with E-state index in [0.717, 1.165) is 23.8 Å². The first-order chi connectivity index (χ1) is 8.61. The zero-order valence-corrected chi connectivity index (χ0v) is 13.3. The monoisotopic (exact) mass is 269 g/mol. The van der Waals surface area contributed by atoms with Crippen LogP contribution in [0.15, 0.2) is 0 Å². The molecule has 18 heavy (non-hydrogen) atoms. The molecule has 0 heterocycles. The smallest absolute Gasteiger partial charge is 0.0206 e. The molecule has 1 nitrogen and oxygen atoms in total. The maximum absolute atomic E-state index is 3.73. The SMILES string of the molecule is CCNC1CCC(C)(C)CC1SCC1CCCC1. The summed E-state index contributed by atoms with van der Waals surface area (Å²) in [7, 11) is 0. The minimum absolute atomic E-state index is 0.569. The fourth-order valence-electron chi connectivity index (χ4n) is 3.63. The Morgan fingerprint density at radius 2 is 1.89 bits per heavy atom. The van der Waals surface area contributed by atoms with Crippen LogP contribution in [0, 0.1) is 11.3 Å². The molecule has 2 rings (SSSR count). The summed E-state index contributed by atoms with van der Waals surface area (Å²) in [5.41, 5.74) is 0.569. The van der Waals surface area contributed by atoms with Gasteiger partial charge >= 0.3 is 0 Å². The van der Waals surface area contributed by atoms with Crippen molar-refractivity contribution in [1.82, 2.24) is 5.32 Å². The number of thioether (sulfide) groups is 1. The molecular weight excluding hydrogens is 238 g/mol. The summed E-state index contributed by atoms with van der Waals surface area (Å²) < 4.78 is 0. The van der Waals surface area contributed by atoms with Crippen LogP contribution in [0.3, 0.4) is 0 Å². The topological polar surface area (TPSA) is 12.0 Å². The van der Waals surface area contributed by atoms with Crippen molar-refractivity contribution in [3.63, 3.8) is 0 Å². The fraction of sp³-hybridized carbons (Fsp3) is 1.00. The van der Waals surface area contributed by atoms with Crippen LogP contribution in [0.2, 0.25) is 0 Å². The van der Waals surface area contributed by atoms with Gasteiger partial charge in [0.25, 0.3) is 0 Å². The Balaban J connectivity index is 1.83. The summed E-state index contributed by atoms with van der Waals surface area (Å²) in [5, 5.41) is 4.58. The first-order valence-corrected chi connectivity index (χ1v) is 9.00. The zero-order valence-electron chi connectivity index (χ0n) is 12.5. The van der Waals surface area contributed by atoms with Crippen molar-refractivity contribution in [2.24, 2.45) is 11.3 Å². The van der Waals surface area contributed by atoms with Crippen LogP contribution in [-0.4, -0.2) is 23.6 Å². The van der Waals surface area contributed by atoms with E-state index in [4.69, 9.17) is 0 Å². The molecule has 2 aliphatic rings. The molecular formula is C16H31NS. The van der Waals surface area contributed by atoms with Gasteiger partial charge < -0.3 is 5.32 Å². The predicted octanol–water partition coefficient (Wildman–Crippen LogP) is 4.47. The van der Waals surface area contributed by atoms with Gasteiger partial charge in [0.15, 0.2) is 0 Å². The highest BCUT2D eigenvalue weighted by Gasteiger charge is 2.35. The van der Waals surface area contributed by atoms with Gasteiger partial charge in [-0.25, -0.2) is 0 Å². The Morgan fingerprint density at radius 3 is 2.56 bits per heavy atom. The summed E-state index contributed by atoms with van der Waals surface area (Å²) >= 11 is 2.28. The first kappa shape index (κ1) is 14.7. The van der Waals surface area contributed by atoms with Gasteiger partial charge in [-0.15, -0.1) is 0 Å². The van der Waals surface area contributed by atoms with E-state index in [9.17, 15) is 0 Å². The molecule has 0 radical (unpaired) electrons. The van der Waals surface area contributed by atoms with Crippen molar-refractivity contribution in [2.75, 3.05) is 12.3 Å². The lowest BCUT2D eigenvalue weighted by atomic mass is 9.75. The largest absolute Gasteiger partial charge is 0.313 e. The summed E-state index contributed by atoms with van der Waals surface area (Å²) in [6, 6.07) is 0.773. The minimum Gasteiger partial charge on any atom is -0.313 e. The van der Waals surface area contributed by atoms with Gasteiger partial charge in [0.1, 0.15) is 0 Å². The van der Waals surface area contributed by atoms with Crippen LogP contribution in [0.4, 0.5) is 0 Å². The summed E-state index contributed by atoms with van der Waals surface area (Å²) in [6.45, 7) is 8.29. The van der Waals surface area contributed by atoms with Crippen LogP contribution >= 0.6 is 11.8 Å². The van der Waals surface area contributed by atoms with E-state index < -0.39 is 0 Å². The van der Waals surface area contributed by atoms with Gasteiger partial charge in [0, 0.05) is 11.3 Å². The number of rotatable bonds is 5. The van der Waals surface area contributed by atoms with Crippen LogP contribution in [0.5, 0.6) is 0 Å². The molecule has 0 aromatic carbocycles. The molecule has 0 amide bonds. The highest BCUT2D eigenvalue weighted by atomic mass is 32.2. The molecule has 0 saturated heterocycles. The molecule has 2 fully saturated rings. The third-order valence-corrected chi connectivity index (χ3v) is 6.41. The van der Waals surface area contributed by atoms with Crippen molar-refractivity contribution < 1.29 is 0 Å². The maximum atomic E-state index is 3.73. The third-order valence-electron chi connectivity index (χ3n) is 4.82. The average Bonchev–Trinajstić information content (AvgIpc) is 2.82. The lowest BCUT2D eigenvalue weighted by Crippen LogP contribution is -2.45. The Labute approximate surface area is 118 Å². The van der Waals surface area contributed by atoms with Gasteiger partial charge in [0.05, 0.1) is 0 Å². The minimum atomic E-state index is 0.569. The number of nitrogens with one attached hydrogen (secondary N) is 1. The van der Waals surface area contributed by atoms with Crippen molar-refractivity contribution >= 4 is 11.8 Å². The van der Waals surface area contributed by atoms with E-state index in [-0.39, 0.29) is 0 Å². The number of hydrogen-bond donors (Lipinski definition) is 1. The molecule has 2 aliphatic carbocycles. The standard InChI is InChI=1S/C16H31NS/c1-4-17-14-9-10-16(2,3)11-15(14)18-12-13-7-5-6-8-13/h13-15,17H,4-12H2,1-3H3. The molecule has 2 unspecified atom stereocenters. The van der Waals surface area contributed by atoms with Crippen molar-refractivity contribution in [3.8, 4) is 0 Å². The molecule has 0 bridgehead atoms. The van der Waals surface area contributed by atoms with Gasteiger partial charge in [-0.3, -0.25) is 0 Å². The van der Waals surface area contributed by atoms with E-state index in [0.29, 0.717) is 5.41 Å². The van der Waals surface area contributed by atoms with E-state index in [1.54, 1.807) is 0 Å². The van der Waals surface area contributed by atoms with E-state index >= 15 is 0 Å². The quantitative estimate of drug-likeness (QED) is 0.790. The fourth-order valence-corrected chi connectivity index (χ4v) is 5.51. The van der Waals surface area contributed by atoms with Gasteiger partial charge in [-0.05, 0) is 55.7 Å². The normalized spacial score (nSPS) is 32.8. The van der Waals surface area contributed by atoms with E-state index in [1.165, 1.54) is 50.7 Å². The molecule has 2 heteroatoms. The Kier molecular flexibility index (Phi) is 5.44. The maximum Gasteiger partial charge on any atom is 0.0206 e. The lowest BCUT2D eigenvalue weighted by molar-refractivity contribution is 0.215. The highest BCUT2D eigenvalue weighted by Crippen LogP contribution is 2.41. The molecule has 0 spiro atoms. The molecule has 1 N–H and O–H groups in total. The summed E-state index contributed by atoms with van der Waals surface area (Å²) in [6.07, 6.45) is 10.1. The summed E-state index contributed by atoms with van der Waals surface area (Å²) in [4.78, 5) is 0. The molecule has 0 aromatic heterocycles. The zero-order chi connectivity index (χ0) is 13.0. The summed E-state index contributed by atoms with van der Waals surface area (Å²) in [5.74, 6) is 2.45. The third kappa shape index (κ3) is 4.16. The van der Waals surface area contributed by atoms with Crippen molar-refractivity contribution in [3.05, 3.63) is 0 Å². The Morgan fingerprint density at radius 1 is 1.17 bits per heavy atom. The lowest BCUT2D eigenvalue weighted by Gasteiger charge is -2.41. The second-order valence-electron chi connectivity index (χ2n) is 7.09. The average molecular weight is 269 g/mol. The van der Waals surface area contributed by atoms with Crippen LogP contribution < -0.4 is 5.32 Å². The van der Waals surface area contributed by atoms with E-state index in [1.807, 2.05) is 0 Å². The van der Waals surface area contributed by atoms with Crippen LogP contribution in [0.25, 0.3) is 0 Å². The Bertz CT molecular complexity index is 245. The Hall–Kier alpha value is 0.310. The predicted molar refractivity (Wildman–Crippen MR) is 83.3 cm³/mol. The highest BCUT2D eigenvalue weighted by molar-refractivity contribution is 7.99. The second-order valence-corrected chi connectivity index (χ2v) is 8.37. The molecule has 106 valence electrons. The van der Waals surface area contributed by atoms with Crippen LogP contribution in [0.1, 0.15) is 65.7 Å². The van der Waals surface area contributed by atoms with Gasteiger partial charge in [0.2, 0.25) is 0 Å².